The molecule has 124 valence electrons. The molecule has 1 N–H and O–H groups in total. The first-order valence-electron chi connectivity index (χ1n) is 7.84. The van der Waals surface area contributed by atoms with Crippen molar-refractivity contribution in [3.8, 4) is 0 Å². The molecule has 0 heterocycles. The first kappa shape index (κ1) is 17.5. The number of sulfonamides is 1. The number of hydrogen-bond acceptors (Lipinski definition) is 2. The highest BCUT2D eigenvalue weighted by Gasteiger charge is 2.23. The zero-order valence-corrected chi connectivity index (χ0v) is 15.5. The molecule has 0 saturated carbocycles. The molecule has 23 heavy (non-hydrogen) atoms. The summed E-state index contributed by atoms with van der Waals surface area (Å²) in [5.74, 6) is 0.246. The smallest absolute Gasteiger partial charge is 0.262 e. The Kier molecular flexibility index (Phi) is 4.85. The monoisotopic (exact) mass is 331 g/mol. The Morgan fingerprint density at radius 3 is 1.96 bits per heavy atom. The molecule has 0 aliphatic carbocycles. The number of hydrogen-bond donors (Lipinski definition) is 1. The molecule has 0 aliphatic rings. The molecule has 0 unspecified atom stereocenters. The average Bonchev–Trinajstić information content (AvgIpc) is 2.45. The van der Waals surface area contributed by atoms with Gasteiger partial charge in [-0.2, -0.15) is 0 Å². The van der Waals surface area contributed by atoms with Crippen molar-refractivity contribution in [3.05, 3.63) is 58.1 Å². The molecular formula is C19H25NO2S. The number of aryl methyl sites for hydroxylation is 2. The number of rotatable bonds is 4. The number of anilines is 1. The molecule has 4 heteroatoms. The zero-order valence-electron chi connectivity index (χ0n) is 14.7. The van der Waals surface area contributed by atoms with Crippen LogP contribution in [0.15, 0.2) is 35.2 Å². The lowest BCUT2D eigenvalue weighted by atomic mass is 10.0. The van der Waals surface area contributed by atoms with Crippen LogP contribution in [0.3, 0.4) is 0 Å². The van der Waals surface area contributed by atoms with E-state index in [9.17, 15) is 8.42 Å². The van der Waals surface area contributed by atoms with Gasteiger partial charge in [0.1, 0.15) is 0 Å². The minimum atomic E-state index is -3.63. The summed E-state index contributed by atoms with van der Waals surface area (Å²) in [6.07, 6.45) is 0. The van der Waals surface area contributed by atoms with Crippen molar-refractivity contribution in [2.45, 2.75) is 52.4 Å². The predicted octanol–water partition coefficient (Wildman–Crippen LogP) is 4.84. The van der Waals surface area contributed by atoms with Gasteiger partial charge in [-0.3, -0.25) is 4.72 Å². The topological polar surface area (TPSA) is 46.2 Å². The van der Waals surface area contributed by atoms with Gasteiger partial charge in [-0.25, -0.2) is 8.42 Å². The van der Waals surface area contributed by atoms with Gasteiger partial charge in [0.2, 0.25) is 0 Å². The van der Waals surface area contributed by atoms with Crippen molar-refractivity contribution in [1.29, 1.82) is 0 Å². The Morgan fingerprint density at radius 2 is 1.43 bits per heavy atom. The molecular weight excluding hydrogens is 306 g/mol. The van der Waals surface area contributed by atoms with Gasteiger partial charge < -0.3 is 0 Å². The molecule has 3 nitrogen and oxygen atoms in total. The molecule has 0 spiro atoms. The second-order valence-corrected chi connectivity index (χ2v) is 8.06. The summed E-state index contributed by atoms with van der Waals surface area (Å²) in [6, 6.07) is 9.60. The van der Waals surface area contributed by atoms with Gasteiger partial charge in [-0.1, -0.05) is 38.1 Å². The Hall–Kier alpha value is -1.81. The summed E-state index contributed by atoms with van der Waals surface area (Å²) in [4.78, 5) is 0.397. The van der Waals surface area contributed by atoms with Crippen LogP contribution in [-0.4, -0.2) is 8.42 Å². The van der Waals surface area contributed by atoms with E-state index in [0.717, 1.165) is 27.8 Å². The fraction of sp³-hybridized carbons (Fsp3) is 0.368. The molecule has 2 aromatic carbocycles. The Morgan fingerprint density at radius 1 is 0.913 bits per heavy atom. The van der Waals surface area contributed by atoms with Gasteiger partial charge in [-0.15, -0.1) is 0 Å². The fourth-order valence-electron chi connectivity index (χ4n) is 2.87. The van der Waals surface area contributed by atoms with Crippen molar-refractivity contribution >= 4 is 15.7 Å². The highest BCUT2D eigenvalue weighted by atomic mass is 32.2. The Balaban J connectivity index is 2.58. The van der Waals surface area contributed by atoms with Crippen LogP contribution in [0.5, 0.6) is 0 Å². The van der Waals surface area contributed by atoms with Crippen molar-refractivity contribution in [1.82, 2.24) is 0 Å². The summed E-state index contributed by atoms with van der Waals surface area (Å²) in [5.41, 5.74) is 5.25. The maximum absolute atomic E-state index is 13.0. The van der Waals surface area contributed by atoms with Crippen LogP contribution >= 0.6 is 0 Å². The molecule has 0 fully saturated rings. The van der Waals surface area contributed by atoms with E-state index < -0.39 is 10.0 Å². The predicted molar refractivity (Wildman–Crippen MR) is 96.7 cm³/mol. The highest BCUT2D eigenvalue weighted by molar-refractivity contribution is 7.92. The van der Waals surface area contributed by atoms with Crippen LogP contribution in [0.4, 0.5) is 5.69 Å². The van der Waals surface area contributed by atoms with E-state index in [2.05, 4.69) is 18.6 Å². The maximum atomic E-state index is 13.0. The Bertz CT molecular complexity index is 810. The molecule has 0 bridgehead atoms. The van der Waals surface area contributed by atoms with Gasteiger partial charge in [0.05, 0.1) is 10.6 Å². The van der Waals surface area contributed by atoms with Crippen molar-refractivity contribution in [2.75, 3.05) is 4.72 Å². The van der Waals surface area contributed by atoms with Crippen LogP contribution in [0.2, 0.25) is 0 Å². The lowest BCUT2D eigenvalue weighted by Crippen LogP contribution is -2.18. The van der Waals surface area contributed by atoms with Gasteiger partial charge in [-0.05, 0) is 67.5 Å². The van der Waals surface area contributed by atoms with E-state index in [0.29, 0.717) is 10.6 Å². The molecule has 0 saturated heterocycles. The second kappa shape index (κ2) is 6.36. The zero-order chi connectivity index (χ0) is 17.4. The summed E-state index contributed by atoms with van der Waals surface area (Å²) in [7, 11) is -3.63. The summed E-state index contributed by atoms with van der Waals surface area (Å²) in [5, 5.41) is 0. The van der Waals surface area contributed by atoms with E-state index in [-0.39, 0.29) is 5.92 Å². The third-order valence-electron chi connectivity index (χ3n) is 4.39. The summed E-state index contributed by atoms with van der Waals surface area (Å²) >= 11 is 0. The molecule has 2 aromatic rings. The van der Waals surface area contributed by atoms with Crippen LogP contribution in [0.25, 0.3) is 0 Å². The van der Waals surface area contributed by atoms with Gasteiger partial charge >= 0.3 is 0 Å². The SMILES string of the molecule is Cc1cc(C)c(C)c(S(=O)(=O)Nc2ccccc2C(C)C)c1C. The standard InChI is InChI=1S/C19H25NO2S/c1-12(2)17-9-7-8-10-18(17)20-23(21,22)19-15(5)13(3)11-14(4)16(19)6/h7-12,20H,1-6H3. The molecule has 2 rings (SSSR count). The van der Waals surface area contributed by atoms with Crippen molar-refractivity contribution in [2.24, 2.45) is 0 Å². The lowest BCUT2D eigenvalue weighted by Gasteiger charge is -2.19. The Labute approximate surface area is 139 Å². The van der Waals surface area contributed by atoms with E-state index in [1.54, 1.807) is 0 Å². The van der Waals surface area contributed by atoms with Gasteiger partial charge in [0.25, 0.3) is 10.0 Å². The summed E-state index contributed by atoms with van der Waals surface area (Å²) < 4.78 is 28.8. The summed E-state index contributed by atoms with van der Waals surface area (Å²) in [6.45, 7) is 11.7. The van der Waals surface area contributed by atoms with Crippen LogP contribution in [0.1, 0.15) is 47.6 Å². The van der Waals surface area contributed by atoms with E-state index in [1.807, 2.05) is 58.0 Å². The normalized spacial score (nSPS) is 11.8. The number of para-hydroxylation sites is 1. The fourth-order valence-corrected chi connectivity index (χ4v) is 4.58. The van der Waals surface area contributed by atoms with Crippen LogP contribution < -0.4 is 4.72 Å². The third kappa shape index (κ3) is 3.42. The third-order valence-corrected chi connectivity index (χ3v) is 6.03. The van der Waals surface area contributed by atoms with Gasteiger partial charge in [0.15, 0.2) is 0 Å². The van der Waals surface area contributed by atoms with E-state index in [4.69, 9.17) is 0 Å². The first-order chi connectivity index (χ1) is 10.6. The quantitative estimate of drug-likeness (QED) is 0.871. The highest BCUT2D eigenvalue weighted by Crippen LogP contribution is 2.30. The van der Waals surface area contributed by atoms with Crippen LogP contribution in [-0.2, 0) is 10.0 Å². The molecule has 0 atom stereocenters. The second-order valence-electron chi connectivity index (χ2n) is 6.44. The minimum Gasteiger partial charge on any atom is -0.279 e. The lowest BCUT2D eigenvalue weighted by molar-refractivity contribution is 0.599. The number of nitrogens with one attached hydrogen (secondary N) is 1. The maximum Gasteiger partial charge on any atom is 0.262 e. The average molecular weight is 331 g/mol. The molecule has 0 aromatic heterocycles. The van der Waals surface area contributed by atoms with Crippen molar-refractivity contribution in [3.63, 3.8) is 0 Å². The molecule has 0 aliphatic heterocycles. The van der Waals surface area contributed by atoms with Crippen LogP contribution in [0, 0.1) is 27.7 Å². The minimum absolute atomic E-state index is 0.246. The van der Waals surface area contributed by atoms with Crippen molar-refractivity contribution < 1.29 is 8.42 Å². The van der Waals surface area contributed by atoms with E-state index >= 15 is 0 Å². The van der Waals surface area contributed by atoms with E-state index in [1.165, 1.54) is 0 Å². The molecule has 0 radical (unpaired) electrons. The largest absolute Gasteiger partial charge is 0.279 e. The first-order valence-corrected chi connectivity index (χ1v) is 9.32. The molecule has 0 amide bonds. The number of benzene rings is 2. The van der Waals surface area contributed by atoms with Gasteiger partial charge in [0, 0.05) is 0 Å².